The van der Waals surface area contributed by atoms with E-state index in [1.807, 2.05) is 26.0 Å². The van der Waals surface area contributed by atoms with Crippen molar-refractivity contribution in [3.05, 3.63) is 23.4 Å². The van der Waals surface area contributed by atoms with Crippen molar-refractivity contribution in [1.82, 2.24) is 4.98 Å². The van der Waals surface area contributed by atoms with Gasteiger partial charge in [-0.15, -0.1) is 0 Å². The first-order valence-electron chi connectivity index (χ1n) is 8.40. The molecule has 1 aromatic rings. The molecule has 4 nitrogen and oxygen atoms in total. The van der Waals surface area contributed by atoms with E-state index in [1.54, 1.807) is 0 Å². The first kappa shape index (κ1) is 15.3. The van der Waals surface area contributed by atoms with Crippen LogP contribution in [-0.4, -0.2) is 28.3 Å². The zero-order chi connectivity index (χ0) is 15.7. The Balaban J connectivity index is 1.89. The van der Waals surface area contributed by atoms with Gasteiger partial charge in [0.25, 0.3) is 0 Å². The van der Waals surface area contributed by atoms with Gasteiger partial charge in [-0.1, -0.05) is 18.9 Å². The fourth-order valence-corrected chi connectivity index (χ4v) is 4.24. The summed E-state index contributed by atoms with van der Waals surface area (Å²) >= 11 is 0. The molecule has 0 aromatic carbocycles. The van der Waals surface area contributed by atoms with Gasteiger partial charge in [-0.05, 0) is 51.2 Å². The van der Waals surface area contributed by atoms with Gasteiger partial charge in [-0.25, -0.2) is 4.98 Å². The monoisotopic (exact) mass is 299 g/mol. The highest BCUT2D eigenvalue weighted by Crippen LogP contribution is 2.41. The molecule has 1 aliphatic carbocycles. The summed E-state index contributed by atoms with van der Waals surface area (Å²) < 4.78 is 0. The Kier molecular flexibility index (Phi) is 4.10. The molecule has 0 spiro atoms. The van der Waals surface area contributed by atoms with Gasteiger partial charge in [0.05, 0.1) is 5.60 Å². The minimum atomic E-state index is -0.575. The molecule has 2 aliphatic rings. The van der Waals surface area contributed by atoms with Gasteiger partial charge in [0.1, 0.15) is 17.6 Å². The average molecular weight is 299 g/mol. The van der Waals surface area contributed by atoms with Gasteiger partial charge >= 0.3 is 0 Å². The van der Waals surface area contributed by atoms with Crippen molar-refractivity contribution in [2.45, 2.75) is 64.0 Å². The van der Waals surface area contributed by atoms with E-state index in [-0.39, 0.29) is 0 Å². The van der Waals surface area contributed by atoms with Gasteiger partial charge in [0.15, 0.2) is 0 Å². The fourth-order valence-electron chi connectivity index (χ4n) is 4.24. The van der Waals surface area contributed by atoms with Crippen molar-refractivity contribution in [3.63, 3.8) is 0 Å². The van der Waals surface area contributed by atoms with E-state index in [4.69, 9.17) is 0 Å². The summed E-state index contributed by atoms with van der Waals surface area (Å²) in [6.45, 7) is 4.89. The predicted octanol–water partition coefficient (Wildman–Crippen LogP) is 3.17. The topological polar surface area (TPSA) is 60.1 Å². The van der Waals surface area contributed by atoms with Crippen LogP contribution in [0, 0.1) is 24.2 Å². The molecule has 1 saturated carbocycles. The first-order valence-corrected chi connectivity index (χ1v) is 8.40. The summed E-state index contributed by atoms with van der Waals surface area (Å²) in [4.78, 5) is 6.87. The molecule has 0 bridgehead atoms. The van der Waals surface area contributed by atoms with Crippen LogP contribution in [0.5, 0.6) is 0 Å². The van der Waals surface area contributed by atoms with Crippen LogP contribution in [0.3, 0.4) is 0 Å². The number of aliphatic hydroxyl groups is 1. The fraction of sp³-hybridized carbons (Fsp3) is 0.667. The largest absolute Gasteiger partial charge is 0.390 e. The molecule has 3 rings (SSSR count). The highest BCUT2D eigenvalue weighted by atomic mass is 16.3. The van der Waals surface area contributed by atoms with E-state index in [9.17, 15) is 10.4 Å². The lowest BCUT2D eigenvalue weighted by atomic mass is 9.72. The van der Waals surface area contributed by atoms with Gasteiger partial charge in [-0.2, -0.15) is 5.26 Å². The van der Waals surface area contributed by atoms with E-state index >= 15 is 0 Å². The summed E-state index contributed by atoms with van der Waals surface area (Å²) in [5, 5.41) is 20.0. The van der Waals surface area contributed by atoms with Crippen molar-refractivity contribution in [2.24, 2.45) is 5.92 Å². The summed E-state index contributed by atoms with van der Waals surface area (Å²) in [5.41, 5.74) is 0.860. The maximum atomic E-state index is 10.8. The summed E-state index contributed by atoms with van der Waals surface area (Å²) in [7, 11) is 0. The molecule has 3 atom stereocenters. The second-order valence-electron chi connectivity index (χ2n) is 7.06. The molecule has 1 saturated heterocycles. The maximum absolute atomic E-state index is 10.8. The second-order valence-corrected chi connectivity index (χ2v) is 7.06. The SMILES string of the molecule is Cc1ccc(N2CCC[C@@H]2[C@@H]2CCCC[C@@]2(C)O)nc1C#N. The molecule has 22 heavy (non-hydrogen) atoms. The third-order valence-corrected chi connectivity index (χ3v) is 5.49. The number of aryl methyl sites for hydroxylation is 1. The number of hydrogen-bond acceptors (Lipinski definition) is 4. The number of nitriles is 1. The molecule has 1 aromatic heterocycles. The second kappa shape index (κ2) is 5.89. The number of nitrogens with zero attached hydrogens (tertiary/aromatic N) is 3. The lowest BCUT2D eigenvalue weighted by Crippen LogP contribution is -2.49. The van der Waals surface area contributed by atoms with Crippen molar-refractivity contribution < 1.29 is 5.11 Å². The zero-order valence-electron chi connectivity index (χ0n) is 13.5. The highest BCUT2D eigenvalue weighted by Gasteiger charge is 2.43. The van der Waals surface area contributed by atoms with E-state index < -0.39 is 5.60 Å². The minimum Gasteiger partial charge on any atom is -0.390 e. The highest BCUT2D eigenvalue weighted by molar-refractivity contribution is 5.46. The van der Waals surface area contributed by atoms with Crippen molar-refractivity contribution in [3.8, 4) is 6.07 Å². The van der Waals surface area contributed by atoms with Crippen LogP contribution in [0.25, 0.3) is 0 Å². The zero-order valence-corrected chi connectivity index (χ0v) is 13.5. The summed E-state index contributed by atoms with van der Waals surface area (Å²) in [6, 6.07) is 6.53. The van der Waals surface area contributed by atoms with E-state index in [0.717, 1.165) is 50.0 Å². The molecular weight excluding hydrogens is 274 g/mol. The quantitative estimate of drug-likeness (QED) is 0.911. The third-order valence-electron chi connectivity index (χ3n) is 5.49. The van der Waals surface area contributed by atoms with Crippen LogP contribution >= 0.6 is 0 Å². The minimum absolute atomic E-state index is 0.303. The molecule has 1 aliphatic heterocycles. The van der Waals surface area contributed by atoms with Crippen LogP contribution in [-0.2, 0) is 0 Å². The van der Waals surface area contributed by atoms with Crippen LogP contribution in [0.15, 0.2) is 12.1 Å². The predicted molar refractivity (Wildman–Crippen MR) is 86.6 cm³/mol. The number of rotatable bonds is 2. The van der Waals surface area contributed by atoms with Crippen molar-refractivity contribution in [1.29, 1.82) is 5.26 Å². The van der Waals surface area contributed by atoms with Gasteiger partial charge < -0.3 is 10.0 Å². The Labute approximate surface area is 132 Å². The number of pyridine rings is 1. The molecule has 0 unspecified atom stereocenters. The molecule has 2 fully saturated rings. The Morgan fingerprint density at radius 3 is 2.86 bits per heavy atom. The van der Waals surface area contributed by atoms with Crippen LogP contribution in [0.1, 0.15) is 56.7 Å². The lowest BCUT2D eigenvalue weighted by molar-refractivity contribution is -0.0411. The van der Waals surface area contributed by atoms with Crippen molar-refractivity contribution >= 4 is 5.82 Å². The summed E-state index contributed by atoms with van der Waals surface area (Å²) in [5.74, 6) is 1.20. The van der Waals surface area contributed by atoms with Gasteiger partial charge in [-0.3, -0.25) is 0 Å². The normalized spacial score (nSPS) is 32.0. The molecular formula is C18H25N3O. The first-order chi connectivity index (χ1) is 10.5. The number of anilines is 1. The Morgan fingerprint density at radius 2 is 2.14 bits per heavy atom. The smallest absolute Gasteiger partial charge is 0.145 e. The molecule has 2 heterocycles. The van der Waals surface area contributed by atoms with Crippen LogP contribution in [0.4, 0.5) is 5.82 Å². The molecule has 4 heteroatoms. The lowest BCUT2D eigenvalue weighted by Gasteiger charge is -2.43. The molecule has 0 amide bonds. The third kappa shape index (κ3) is 2.70. The van der Waals surface area contributed by atoms with E-state index in [1.165, 1.54) is 6.42 Å². The molecule has 118 valence electrons. The number of aromatic nitrogens is 1. The molecule has 0 radical (unpaired) electrons. The number of hydrogen-bond donors (Lipinski definition) is 1. The van der Waals surface area contributed by atoms with E-state index in [0.29, 0.717) is 17.7 Å². The Bertz CT molecular complexity index is 590. The van der Waals surface area contributed by atoms with Gasteiger partial charge in [0.2, 0.25) is 0 Å². The van der Waals surface area contributed by atoms with Crippen LogP contribution in [0.2, 0.25) is 0 Å². The van der Waals surface area contributed by atoms with E-state index in [2.05, 4.69) is 16.0 Å². The van der Waals surface area contributed by atoms with Crippen molar-refractivity contribution in [2.75, 3.05) is 11.4 Å². The standard InChI is InChI=1S/C18H25N3O/c1-13-8-9-17(20-15(13)12-19)21-11-5-7-16(21)14-6-3-4-10-18(14,2)22/h8-9,14,16,22H,3-7,10-11H2,1-2H3/t14-,16+,18+/m0/s1. The van der Waals surface area contributed by atoms with Crippen LogP contribution < -0.4 is 4.90 Å². The Morgan fingerprint density at radius 1 is 1.32 bits per heavy atom. The Hall–Kier alpha value is -1.60. The summed E-state index contributed by atoms with van der Waals surface area (Å²) in [6.07, 6.45) is 6.55. The molecule has 1 N–H and O–H groups in total. The van der Waals surface area contributed by atoms with Gasteiger partial charge in [0, 0.05) is 18.5 Å². The maximum Gasteiger partial charge on any atom is 0.145 e. The average Bonchev–Trinajstić information content (AvgIpc) is 2.96.